The van der Waals surface area contributed by atoms with Gasteiger partial charge in [0.15, 0.2) is 5.82 Å². The van der Waals surface area contributed by atoms with Crippen molar-refractivity contribution in [3.8, 4) is 0 Å². The van der Waals surface area contributed by atoms with Crippen LogP contribution in [0, 0.1) is 0 Å². The van der Waals surface area contributed by atoms with Crippen LogP contribution in [0.25, 0.3) is 0 Å². The van der Waals surface area contributed by atoms with E-state index in [1.54, 1.807) is 0 Å². The minimum atomic E-state index is 0.118. The average Bonchev–Trinajstić information content (AvgIpc) is 3.18. The summed E-state index contributed by atoms with van der Waals surface area (Å²) in [6, 6.07) is 0. The summed E-state index contributed by atoms with van der Waals surface area (Å²) < 4.78 is 13.6. The largest absolute Gasteiger partial charge is 0.376 e. The second-order valence-corrected chi connectivity index (χ2v) is 5.62. The molecule has 3 heterocycles. The van der Waals surface area contributed by atoms with Crippen LogP contribution in [0.15, 0.2) is 0 Å². The molecule has 0 aromatic carbocycles. The maximum atomic E-state index is 5.74. The van der Waals surface area contributed by atoms with E-state index in [1.807, 2.05) is 0 Å². The SMILES string of the molecule is CCn1c([C@H]2CCCO2)nnc1N(C)C[C@H]1CCCO1. The third kappa shape index (κ3) is 2.67. The average molecular weight is 280 g/mol. The molecule has 0 unspecified atom stereocenters. The Labute approximate surface area is 120 Å². The molecule has 0 bridgehead atoms. The molecular formula is C14H24N4O2. The molecule has 0 N–H and O–H groups in total. The van der Waals surface area contributed by atoms with Crippen molar-refractivity contribution < 1.29 is 9.47 Å². The molecule has 1 aromatic heterocycles. The van der Waals surface area contributed by atoms with Crippen molar-refractivity contribution in [2.75, 3.05) is 31.7 Å². The van der Waals surface area contributed by atoms with Gasteiger partial charge in [0.1, 0.15) is 6.10 Å². The maximum absolute atomic E-state index is 5.74. The van der Waals surface area contributed by atoms with Crippen LogP contribution in [0.3, 0.4) is 0 Å². The van der Waals surface area contributed by atoms with Gasteiger partial charge in [-0.2, -0.15) is 0 Å². The molecule has 2 aliphatic rings. The zero-order valence-electron chi connectivity index (χ0n) is 12.4. The molecular weight excluding hydrogens is 256 g/mol. The lowest BCUT2D eigenvalue weighted by Gasteiger charge is -2.22. The van der Waals surface area contributed by atoms with Crippen LogP contribution < -0.4 is 4.90 Å². The maximum Gasteiger partial charge on any atom is 0.227 e. The standard InChI is InChI=1S/C14H24N4O2/c1-3-18-13(12-7-5-9-20-12)15-16-14(18)17(2)10-11-6-4-8-19-11/h11-12H,3-10H2,1-2H3/t11-,12-/m1/s1. The number of anilines is 1. The smallest absolute Gasteiger partial charge is 0.227 e. The fourth-order valence-electron chi connectivity index (χ4n) is 3.09. The predicted molar refractivity (Wildman–Crippen MR) is 75.9 cm³/mol. The van der Waals surface area contributed by atoms with Crippen molar-refractivity contribution in [3.63, 3.8) is 0 Å². The van der Waals surface area contributed by atoms with Crippen LogP contribution in [0.4, 0.5) is 5.95 Å². The Morgan fingerprint density at radius 3 is 2.65 bits per heavy atom. The van der Waals surface area contributed by atoms with Gasteiger partial charge in [-0.3, -0.25) is 4.57 Å². The first kappa shape index (κ1) is 13.8. The highest BCUT2D eigenvalue weighted by Crippen LogP contribution is 2.29. The van der Waals surface area contributed by atoms with Crippen LogP contribution in [0.2, 0.25) is 0 Å². The number of nitrogens with zero attached hydrogens (tertiary/aromatic N) is 4. The summed E-state index contributed by atoms with van der Waals surface area (Å²) in [5, 5.41) is 8.75. The summed E-state index contributed by atoms with van der Waals surface area (Å²) in [6.45, 7) is 5.60. The summed E-state index contributed by atoms with van der Waals surface area (Å²) >= 11 is 0. The van der Waals surface area contributed by atoms with E-state index in [0.29, 0.717) is 6.10 Å². The Hall–Kier alpha value is -1.14. The third-order valence-corrected chi connectivity index (χ3v) is 4.14. The lowest BCUT2D eigenvalue weighted by atomic mass is 10.2. The van der Waals surface area contributed by atoms with Crippen molar-refractivity contribution in [1.82, 2.24) is 14.8 Å². The highest BCUT2D eigenvalue weighted by atomic mass is 16.5. The topological polar surface area (TPSA) is 52.4 Å². The van der Waals surface area contributed by atoms with E-state index in [4.69, 9.17) is 9.47 Å². The minimum Gasteiger partial charge on any atom is -0.376 e. The Balaban J connectivity index is 1.74. The molecule has 0 aliphatic carbocycles. The Morgan fingerprint density at radius 2 is 2.00 bits per heavy atom. The number of aromatic nitrogens is 3. The van der Waals surface area contributed by atoms with Gasteiger partial charge in [0, 0.05) is 33.4 Å². The molecule has 0 saturated carbocycles. The number of ether oxygens (including phenoxy) is 2. The lowest BCUT2D eigenvalue weighted by molar-refractivity contribution is 0.102. The molecule has 3 rings (SSSR count). The van der Waals surface area contributed by atoms with E-state index in [-0.39, 0.29) is 6.10 Å². The first-order valence-electron chi connectivity index (χ1n) is 7.67. The van der Waals surface area contributed by atoms with Crippen LogP contribution in [-0.2, 0) is 16.0 Å². The van der Waals surface area contributed by atoms with Gasteiger partial charge >= 0.3 is 0 Å². The quantitative estimate of drug-likeness (QED) is 0.822. The van der Waals surface area contributed by atoms with Crippen LogP contribution >= 0.6 is 0 Å². The van der Waals surface area contributed by atoms with E-state index in [1.165, 1.54) is 6.42 Å². The van der Waals surface area contributed by atoms with Gasteiger partial charge < -0.3 is 14.4 Å². The molecule has 0 radical (unpaired) electrons. The Kier molecular flexibility index (Phi) is 4.21. The third-order valence-electron chi connectivity index (χ3n) is 4.14. The molecule has 2 fully saturated rings. The molecule has 2 atom stereocenters. The summed E-state index contributed by atoms with van der Waals surface area (Å²) in [7, 11) is 2.07. The van der Waals surface area contributed by atoms with Gasteiger partial charge in [-0.15, -0.1) is 10.2 Å². The van der Waals surface area contributed by atoms with Crippen molar-refractivity contribution in [2.24, 2.45) is 0 Å². The molecule has 2 saturated heterocycles. The molecule has 20 heavy (non-hydrogen) atoms. The Bertz CT molecular complexity index is 436. The summed E-state index contributed by atoms with van der Waals surface area (Å²) in [6.07, 6.45) is 4.92. The van der Waals surface area contributed by atoms with Crippen molar-refractivity contribution in [2.45, 2.75) is 51.4 Å². The summed E-state index contributed by atoms with van der Waals surface area (Å²) in [4.78, 5) is 2.16. The number of hydrogen-bond donors (Lipinski definition) is 0. The van der Waals surface area contributed by atoms with Crippen LogP contribution in [-0.4, -0.2) is 47.7 Å². The van der Waals surface area contributed by atoms with E-state index in [2.05, 4.69) is 33.6 Å². The molecule has 112 valence electrons. The van der Waals surface area contributed by atoms with Crippen molar-refractivity contribution >= 4 is 5.95 Å². The fourth-order valence-corrected chi connectivity index (χ4v) is 3.09. The minimum absolute atomic E-state index is 0.118. The first-order chi connectivity index (χ1) is 9.79. The number of likely N-dealkylation sites (N-methyl/N-ethyl adjacent to an activating group) is 1. The second-order valence-electron chi connectivity index (χ2n) is 5.62. The molecule has 1 aromatic rings. The highest BCUT2D eigenvalue weighted by molar-refractivity contribution is 5.30. The molecule has 2 aliphatic heterocycles. The molecule has 0 amide bonds. The second kappa shape index (κ2) is 6.10. The van der Waals surface area contributed by atoms with Gasteiger partial charge in [0.05, 0.1) is 6.10 Å². The van der Waals surface area contributed by atoms with E-state index in [9.17, 15) is 0 Å². The highest BCUT2D eigenvalue weighted by Gasteiger charge is 2.27. The Morgan fingerprint density at radius 1 is 1.20 bits per heavy atom. The first-order valence-corrected chi connectivity index (χ1v) is 7.67. The molecule has 0 spiro atoms. The number of hydrogen-bond acceptors (Lipinski definition) is 5. The van der Waals surface area contributed by atoms with Gasteiger partial charge in [-0.05, 0) is 32.6 Å². The number of rotatable bonds is 5. The molecule has 6 heteroatoms. The van der Waals surface area contributed by atoms with Gasteiger partial charge in [-0.1, -0.05) is 0 Å². The summed E-state index contributed by atoms with van der Waals surface area (Å²) in [5.41, 5.74) is 0. The normalized spacial score (nSPS) is 26.3. The fraction of sp³-hybridized carbons (Fsp3) is 0.857. The van der Waals surface area contributed by atoms with Crippen molar-refractivity contribution in [1.29, 1.82) is 0 Å². The monoisotopic (exact) mass is 280 g/mol. The molecule has 6 nitrogen and oxygen atoms in total. The summed E-state index contributed by atoms with van der Waals surface area (Å²) in [5.74, 6) is 1.90. The van der Waals surface area contributed by atoms with Gasteiger partial charge in [0.2, 0.25) is 5.95 Å². The van der Waals surface area contributed by atoms with E-state index >= 15 is 0 Å². The lowest BCUT2D eigenvalue weighted by Crippen LogP contribution is -2.31. The van der Waals surface area contributed by atoms with E-state index < -0.39 is 0 Å². The zero-order chi connectivity index (χ0) is 13.9. The van der Waals surface area contributed by atoms with Crippen LogP contribution in [0.5, 0.6) is 0 Å². The van der Waals surface area contributed by atoms with Gasteiger partial charge in [-0.25, -0.2) is 0 Å². The predicted octanol–water partition coefficient (Wildman–Crippen LogP) is 1.76. The van der Waals surface area contributed by atoms with Crippen molar-refractivity contribution in [3.05, 3.63) is 5.82 Å². The van der Waals surface area contributed by atoms with Crippen LogP contribution in [0.1, 0.15) is 44.5 Å². The zero-order valence-corrected chi connectivity index (χ0v) is 12.4. The van der Waals surface area contributed by atoms with E-state index in [0.717, 1.165) is 57.3 Å². The van der Waals surface area contributed by atoms with Gasteiger partial charge in [0.25, 0.3) is 0 Å².